The zero-order chi connectivity index (χ0) is 13.7. The molecule has 1 aromatic rings. The van der Waals surface area contributed by atoms with E-state index in [1.165, 1.54) is 0 Å². The maximum absolute atomic E-state index is 12.0. The van der Waals surface area contributed by atoms with Gasteiger partial charge in [0.05, 0.1) is 6.10 Å². The number of nitrogens with zero attached hydrogens (tertiary/aromatic N) is 3. The zero-order valence-electron chi connectivity index (χ0n) is 11.2. The molecule has 1 aliphatic heterocycles. The second-order valence-electron chi connectivity index (χ2n) is 4.73. The summed E-state index contributed by atoms with van der Waals surface area (Å²) in [6.45, 7) is 4.06. The number of β-amino-alcohol motifs (C(OH)–C–C–N with tert-alkyl or cyclic N) is 1. The standard InChI is InChI=1S/C13H21N3O3/c1-2-19-12-10-15(9-11(12)17)13(18)5-3-7-16-8-4-6-14-16/h4,6,8,11-12,17H,2-3,5,7,9-10H2,1H3. The van der Waals surface area contributed by atoms with Gasteiger partial charge in [-0.3, -0.25) is 9.48 Å². The van der Waals surface area contributed by atoms with Gasteiger partial charge >= 0.3 is 0 Å². The molecular formula is C13H21N3O3. The van der Waals surface area contributed by atoms with Crippen molar-refractivity contribution in [1.82, 2.24) is 14.7 Å². The average molecular weight is 267 g/mol. The molecule has 0 aliphatic carbocycles. The predicted octanol–water partition coefficient (Wildman–Crippen LogP) is 0.271. The largest absolute Gasteiger partial charge is 0.388 e. The molecule has 6 nitrogen and oxygen atoms in total. The Bertz CT molecular complexity index is 394. The molecule has 6 heteroatoms. The first kappa shape index (κ1) is 14.0. The van der Waals surface area contributed by atoms with Crippen molar-refractivity contribution in [2.24, 2.45) is 0 Å². The van der Waals surface area contributed by atoms with Crippen molar-refractivity contribution in [3.63, 3.8) is 0 Å². The number of amides is 1. The molecule has 0 bridgehead atoms. The monoisotopic (exact) mass is 267 g/mol. The minimum absolute atomic E-state index is 0.0772. The van der Waals surface area contributed by atoms with Crippen molar-refractivity contribution >= 4 is 5.91 Å². The van der Waals surface area contributed by atoms with Crippen molar-refractivity contribution in [2.75, 3.05) is 19.7 Å². The summed E-state index contributed by atoms with van der Waals surface area (Å²) < 4.78 is 7.22. The third-order valence-electron chi connectivity index (χ3n) is 3.31. The van der Waals surface area contributed by atoms with Crippen LogP contribution in [0.1, 0.15) is 19.8 Å². The van der Waals surface area contributed by atoms with Crippen LogP contribution in [-0.4, -0.2) is 57.6 Å². The molecular weight excluding hydrogens is 246 g/mol. The lowest BCUT2D eigenvalue weighted by molar-refractivity contribution is -0.130. The van der Waals surface area contributed by atoms with E-state index in [-0.39, 0.29) is 12.0 Å². The molecule has 1 aliphatic rings. The van der Waals surface area contributed by atoms with Crippen LogP contribution in [0.5, 0.6) is 0 Å². The van der Waals surface area contributed by atoms with Gasteiger partial charge in [-0.1, -0.05) is 0 Å². The van der Waals surface area contributed by atoms with Crippen LogP contribution in [0.25, 0.3) is 0 Å². The molecule has 1 amide bonds. The number of aryl methyl sites for hydroxylation is 1. The molecule has 1 aromatic heterocycles. The second kappa shape index (κ2) is 6.68. The fourth-order valence-electron chi connectivity index (χ4n) is 2.32. The number of ether oxygens (including phenoxy) is 1. The third kappa shape index (κ3) is 3.78. The summed E-state index contributed by atoms with van der Waals surface area (Å²) in [4.78, 5) is 13.7. The van der Waals surface area contributed by atoms with Crippen LogP contribution < -0.4 is 0 Å². The van der Waals surface area contributed by atoms with E-state index < -0.39 is 6.10 Å². The Labute approximate surface area is 113 Å². The van der Waals surface area contributed by atoms with Gasteiger partial charge in [-0.2, -0.15) is 5.10 Å². The fraction of sp³-hybridized carbons (Fsp3) is 0.692. The Morgan fingerprint density at radius 2 is 2.37 bits per heavy atom. The smallest absolute Gasteiger partial charge is 0.222 e. The highest BCUT2D eigenvalue weighted by atomic mass is 16.5. The van der Waals surface area contributed by atoms with Crippen LogP contribution in [0, 0.1) is 0 Å². The van der Waals surface area contributed by atoms with Gasteiger partial charge in [-0.05, 0) is 19.4 Å². The first-order chi connectivity index (χ1) is 9.20. The number of aliphatic hydroxyl groups excluding tert-OH is 1. The first-order valence-corrected chi connectivity index (χ1v) is 6.75. The summed E-state index contributed by atoms with van der Waals surface area (Å²) in [5.74, 6) is 0.0772. The normalized spacial score (nSPS) is 22.9. The van der Waals surface area contributed by atoms with Crippen LogP contribution in [0.4, 0.5) is 0 Å². The fourth-order valence-corrected chi connectivity index (χ4v) is 2.32. The van der Waals surface area contributed by atoms with Crippen LogP contribution in [0.15, 0.2) is 18.5 Å². The zero-order valence-corrected chi connectivity index (χ0v) is 11.2. The Kier molecular flexibility index (Phi) is 4.93. The van der Waals surface area contributed by atoms with E-state index in [0.717, 1.165) is 13.0 Å². The van der Waals surface area contributed by atoms with Crippen LogP contribution in [0.2, 0.25) is 0 Å². The van der Waals surface area contributed by atoms with Crippen LogP contribution in [-0.2, 0) is 16.1 Å². The number of aliphatic hydroxyl groups is 1. The van der Waals surface area contributed by atoms with Crippen molar-refractivity contribution in [1.29, 1.82) is 0 Å². The lowest BCUT2D eigenvalue weighted by Gasteiger charge is -2.15. The minimum Gasteiger partial charge on any atom is -0.388 e. The molecule has 1 N–H and O–H groups in total. The summed E-state index contributed by atoms with van der Waals surface area (Å²) in [5.41, 5.74) is 0. The van der Waals surface area contributed by atoms with Gasteiger partial charge in [0.2, 0.25) is 5.91 Å². The number of hydrogen-bond acceptors (Lipinski definition) is 4. The van der Waals surface area contributed by atoms with Crippen molar-refractivity contribution < 1.29 is 14.6 Å². The SMILES string of the molecule is CCOC1CN(C(=O)CCCn2cccn2)CC1O. The van der Waals surface area contributed by atoms with E-state index in [9.17, 15) is 9.90 Å². The van der Waals surface area contributed by atoms with Gasteiger partial charge in [0.15, 0.2) is 0 Å². The molecule has 2 atom stereocenters. The number of rotatable bonds is 6. The summed E-state index contributed by atoms with van der Waals surface area (Å²) >= 11 is 0. The molecule has 2 rings (SSSR count). The van der Waals surface area contributed by atoms with E-state index >= 15 is 0 Å². The first-order valence-electron chi connectivity index (χ1n) is 6.75. The van der Waals surface area contributed by atoms with Gasteiger partial charge in [-0.25, -0.2) is 0 Å². The lowest BCUT2D eigenvalue weighted by atomic mass is 10.3. The Morgan fingerprint density at radius 1 is 1.53 bits per heavy atom. The van der Waals surface area contributed by atoms with E-state index in [4.69, 9.17) is 4.74 Å². The number of likely N-dealkylation sites (tertiary alicyclic amines) is 1. The molecule has 2 heterocycles. The summed E-state index contributed by atoms with van der Waals surface area (Å²) in [5, 5.41) is 13.9. The van der Waals surface area contributed by atoms with E-state index in [2.05, 4.69) is 5.10 Å². The van der Waals surface area contributed by atoms with Gasteiger partial charge in [0.25, 0.3) is 0 Å². The topological polar surface area (TPSA) is 67.6 Å². The Balaban J connectivity index is 1.72. The highest BCUT2D eigenvalue weighted by Crippen LogP contribution is 2.15. The maximum atomic E-state index is 12.0. The van der Waals surface area contributed by atoms with Gasteiger partial charge in [-0.15, -0.1) is 0 Å². The van der Waals surface area contributed by atoms with Crippen LogP contribution >= 0.6 is 0 Å². The molecule has 0 radical (unpaired) electrons. The van der Waals surface area contributed by atoms with Gasteiger partial charge in [0, 0.05) is 45.1 Å². The van der Waals surface area contributed by atoms with Gasteiger partial charge in [0.1, 0.15) is 6.10 Å². The molecule has 0 spiro atoms. The second-order valence-corrected chi connectivity index (χ2v) is 4.73. The maximum Gasteiger partial charge on any atom is 0.222 e. The van der Waals surface area contributed by atoms with E-state index in [1.54, 1.807) is 11.1 Å². The minimum atomic E-state index is -0.560. The highest BCUT2D eigenvalue weighted by molar-refractivity contribution is 5.76. The third-order valence-corrected chi connectivity index (χ3v) is 3.31. The molecule has 106 valence electrons. The highest BCUT2D eigenvalue weighted by Gasteiger charge is 2.33. The summed E-state index contributed by atoms with van der Waals surface area (Å²) in [6, 6.07) is 1.87. The van der Waals surface area contributed by atoms with Crippen molar-refractivity contribution in [3.8, 4) is 0 Å². The number of aromatic nitrogens is 2. The molecule has 1 fully saturated rings. The Morgan fingerprint density at radius 3 is 3.05 bits per heavy atom. The average Bonchev–Trinajstić information content (AvgIpc) is 3.01. The van der Waals surface area contributed by atoms with Crippen molar-refractivity contribution in [2.45, 2.75) is 38.5 Å². The molecule has 2 unspecified atom stereocenters. The van der Waals surface area contributed by atoms with E-state index in [1.807, 2.05) is 23.9 Å². The molecule has 0 aromatic carbocycles. The van der Waals surface area contributed by atoms with Crippen LogP contribution in [0.3, 0.4) is 0 Å². The Hall–Kier alpha value is -1.40. The molecule has 1 saturated heterocycles. The van der Waals surface area contributed by atoms with Crippen molar-refractivity contribution in [3.05, 3.63) is 18.5 Å². The number of hydrogen-bond donors (Lipinski definition) is 1. The molecule has 19 heavy (non-hydrogen) atoms. The molecule has 0 saturated carbocycles. The lowest BCUT2D eigenvalue weighted by Crippen LogP contribution is -2.30. The number of carbonyl (C=O) groups is 1. The summed E-state index contributed by atoms with van der Waals surface area (Å²) in [7, 11) is 0. The number of carbonyl (C=O) groups excluding carboxylic acids is 1. The van der Waals surface area contributed by atoms with Gasteiger partial charge < -0.3 is 14.7 Å². The summed E-state index contributed by atoms with van der Waals surface area (Å²) in [6.07, 6.45) is 4.05. The predicted molar refractivity (Wildman–Crippen MR) is 69.5 cm³/mol. The van der Waals surface area contributed by atoms with E-state index in [0.29, 0.717) is 26.1 Å². The quantitative estimate of drug-likeness (QED) is 0.803.